The van der Waals surface area contributed by atoms with E-state index in [1.54, 1.807) is 0 Å². The fraction of sp³-hybridized carbons (Fsp3) is 0.971. The summed E-state index contributed by atoms with van der Waals surface area (Å²) >= 11 is 0. The fourth-order valence-corrected chi connectivity index (χ4v) is 11.5. The Labute approximate surface area is 476 Å². The summed E-state index contributed by atoms with van der Waals surface area (Å²) in [7, 11) is 0. The number of aliphatic hydroxyl groups is 2. The van der Waals surface area contributed by atoms with Gasteiger partial charge in [0.1, 0.15) is 0 Å². The lowest BCUT2D eigenvalue weighted by Crippen LogP contribution is -2.45. The van der Waals surface area contributed by atoms with Crippen molar-refractivity contribution in [3.63, 3.8) is 0 Å². The maximum atomic E-state index is 12.5. The first-order valence-corrected chi connectivity index (χ1v) is 35.3. The number of nitrogens with one attached hydrogen (secondary N) is 1. The van der Waals surface area contributed by atoms with Gasteiger partial charge in [-0.3, -0.25) is 9.59 Å². The van der Waals surface area contributed by atoms with Crippen LogP contribution in [-0.2, 0) is 14.3 Å². The second-order valence-electron chi connectivity index (χ2n) is 24.6. The molecule has 0 fully saturated rings. The van der Waals surface area contributed by atoms with Crippen molar-refractivity contribution in [1.82, 2.24) is 5.32 Å². The molecule has 0 aliphatic heterocycles. The molecule has 6 heteroatoms. The number of aliphatic hydroxyl groups excluding tert-OH is 2. The number of amides is 1. The molecule has 3 N–H and O–H groups in total. The van der Waals surface area contributed by atoms with Crippen molar-refractivity contribution < 1.29 is 24.5 Å². The highest BCUT2D eigenvalue weighted by molar-refractivity contribution is 5.76. The molecule has 0 aromatic carbocycles. The molecule has 0 saturated heterocycles. The average molecular weight is 1070 g/mol. The first-order valence-electron chi connectivity index (χ1n) is 35.3. The van der Waals surface area contributed by atoms with Crippen molar-refractivity contribution in [2.75, 3.05) is 13.2 Å². The Balaban J connectivity index is 3.36. The summed E-state index contributed by atoms with van der Waals surface area (Å²) in [5.41, 5.74) is 0. The molecule has 0 bridgehead atoms. The quantitative estimate of drug-likeness (QED) is 0.0417. The zero-order chi connectivity index (χ0) is 55.0. The van der Waals surface area contributed by atoms with E-state index in [1.165, 1.54) is 340 Å². The number of carbonyl (C=O) groups is 2. The predicted molar refractivity (Wildman–Crippen MR) is 334 cm³/mol. The molecular weight excluding hydrogens is 935 g/mol. The van der Waals surface area contributed by atoms with E-state index in [0.29, 0.717) is 25.9 Å². The Morgan fingerprint density at radius 1 is 0.316 bits per heavy atom. The second kappa shape index (κ2) is 66.4. The van der Waals surface area contributed by atoms with Gasteiger partial charge in [0.2, 0.25) is 5.91 Å². The van der Waals surface area contributed by atoms with Crippen LogP contribution in [0.4, 0.5) is 0 Å². The summed E-state index contributed by atoms with van der Waals surface area (Å²) in [5, 5.41) is 23.4. The van der Waals surface area contributed by atoms with E-state index in [1.807, 2.05) is 0 Å². The summed E-state index contributed by atoms with van der Waals surface area (Å²) in [6.07, 6.45) is 80.0. The Hall–Kier alpha value is -1.14. The van der Waals surface area contributed by atoms with Crippen LogP contribution >= 0.6 is 0 Å². The lowest BCUT2D eigenvalue weighted by Gasteiger charge is -2.22. The monoisotopic (exact) mass is 1070 g/mol. The zero-order valence-electron chi connectivity index (χ0n) is 52.0. The molecule has 76 heavy (non-hydrogen) atoms. The topological polar surface area (TPSA) is 95.9 Å². The summed E-state index contributed by atoms with van der Waals surface area (Å²) in [6, 6.07) is -0.542. The van der Waals surface area contributed by atoms with Gasteiger partial charge >= 0.3 is 5.97 Å². The molecule has 0 rings (SSSR count). The summed E-state index contributed by atoms with van der Waals surface area (Å²) in [6.45, 7) is 5.00. The number of hydrogen-bond donors (Lipinski definition) is 3. The number of hydrogen-bond acceptors (Lipinski definition) is 5. The van der Waals surface area contributed by atoms with Crippen LogP contribution in [0.15, 0.2) is 0 Å². The molecule has 454 valence electrons. The van der Waals surface area contributed by atoms with Crippen molar-refractivity contribution in [2.45, 2.75) is 424 Å². The van der Waals surface area contributed by atoms with Gasteiger partial charge in [0.15, 0.2) is 0 Å². The van der Waals surface area contributed by atoms with Crippen LogP contribution in [0.25, 0.3) is 0 Å². The first kappa shape index (κ1) is 74.9. The molecular formula is C70H139NO5. The van der Waals surface area contributed by atoms with Crippen LogP contribution in [0.5, 0.6) is 0 Å². The van der Waals surface area contributed by atoms with Gasteiger partial charge < -0.3 is 20.3 Å². The largest absolute Gasteiger partial charge is 0.466 e. The summed E-state index contributed by atoms with van der Waals surface area (Å²) in [4.78, 5) is 24.6. The Morgan fingerprint density at radius 2 is 0.539 bits per heavy atom. The molecule has 2 unspecified atom stereocenters. The third-order valence-electron chi connectivity index (χ3n) is 16.9. The van der Waals surface area contributed by atoms with Gasteiger partial charge in [0, 0.05) is 12.8 Å². The lowest BCUT2D eigenvalue weighted by molar-refractivity contribution is -0.143. The Bertz CT molecular complexity index is 1100. The van der Waals surface area contributed by atoms with Gasteiger partial charge in [-0.15, -0.1) is 0 Å². The van der Waals surface area contributed by atoms with Crippen molar-refractivity contribution >= 4 is 11.9 Å². The number of unbranched alkanes of at least 4 members (excludes halogenated alkanes) is 56. The lowest BCUT2D eigenvalue weighted by atomic mass is 10.0. The minimum atomic E-state index is -0.665. The minimum absolute atomic E-state index is 0.0176. The van der Waals surface area contributed by atoms with Crippen molar-refractivity contribution in [2.24, 2.45) is 0 Å². The van der Waals surface area contributed by atoms with Crippen LogP contribution in [0.2, 0.25) is 0 Å². The van der Waals surface area contributed by atoms with Crippen LogP contribution < -0.4 is 5.32 Å². The van der Waals surface area contributed by atoms with E-state index in [9.17, 15) is 19.8 Å². The standard InChI is InChI=1S/C70H139NO5/c1-3-5-7-9-11-13-15-17-19-21-22-24-27-31-34-38-42-46-50-54-58-62-68(73)67(66-72)71-69(74)63-59-55-51-47-43-39-35-32-28-25-23-26-29-33-37-41-45-49-53-57-61-65-76-70(75)64-60-56-52-48-44-40-36-30-20-18-16-14-12-10-8-6-4-2/h67-68,72-73H,3-66H2,1-2H3,(H,71,74). The van der Waals surface area contributed by atoms with E-state index < -0.39 is 12.1 Å². The first-order chi connectivity index (χ1) is 37.5. The number of esters is 1. The maximum absolute atomic E-state index is 12.5. The van der Waals surface area contributed by atoms with Crippen molar-refractivity contribution in [3.05, 3.63) is 0 Å². The van der Waals surface area contributed by atoms with Crippen LogP contribution in [0, 0.1) is 0 Å². The van der Waals surface area contributed by atoms with E-state index in [0.717, 1.165) is 38.5 Å². The number of ether oxygens (including phenoxy) is 1. The zero-order valence-corrected chi connectivity index (χ0v) is 52.0. The van der Waals surface area contributed by atoms with E-state index >= 15 is 0 Å². The third-order valence-corrected chi connectivity index (χ3v) is 16.9. The van der Waals surface area contributed by atoms with Gasteiger partial charge in [-0.25, -0.2) is 0 Å². The molecule has 0 heterocycles. The van der Waals surface area contributed by atoms with Crippen LogP contribution in [-0.4, -0.2) is 47.4 Å². The van der Waals surface area contributed by atoms with Gasteiger partial charge in [0.25, 0.3) is 0 Å². The second-order valence-corrected chi connectivity index (χ2v) is 24.6. The molecule has 2 atom stereocenters. The SMILES string of the molecule is CCCCCCCCCCCCCCCCCCCCCCCC(O)C(CO)NC(=O)CCCCCCCCCCCCCCCCCCCCCCCOC(=O)CCCCCCCCCCCCCCCCCCC. The Kier molecular flexibility index (Phi) is 65.4. The van der Waals surface area contributed by atoms with Crippen LogP contribution in [0.1, 0.15) is 412 Å². The molecule has 0 spiro atoms. The number of carbonyl (C=O) groups excluding carboxylic acids is 2. The minimum Gasteiger partial charge on any atom is -0.466 e. The third kappa shape index (κ3) is 62.1. The van der Waals surface area contributed by atoms with Gasteiger partial charge in [0.05, 0.1) is 25.4 Å². The Morgan fingerprint density at radius 3 is 0.803 bits per heavy atom. The molecule has 0 saturated carbocycles. The normalized spacial score (nSPS) is 12.4. The van der Waals surface area contributed by atoms with Crippen molar-refractivity contribution in [1.29, 1.82) is 0 Å². The fourth-order valence-electron chi connectivity index (χ4n) is 11.5. The maximum Gasteiger partial charge on any atom is 0.305 e. The molecule has 1 amide bonds. The van der Waals surface area contributed by atoms with Crippen molar-refractivity contribution in [3.8, 4) is 0 Å². The van der Waals surface area contributed by atoms with Gasteiger partial charge in [-0.05, 0) is 25.7 Å². The summed E-state index contributed by atoms with van der Waals surface area (Å²) in [5.74, 6) is -0.0128. The van der Waals surface area contributed by atoms with Crippen LogP contribution in [0.3, 0.4) is 0 Å². The molecule has 0 aromatic heterocycles. The van der Waals surface area contributed by atoms with E-state index in [4.69, 9.17) is 4.74 Å². The summed E-state index contributed by atoms with van der Waals surface area (Å²) < 4.78 is 5.51. The highest BCUT2D eigenvalue weighted by atomic mass is 16.5. The molecule has 0 radical (unpaired) electrons. The highest BCUT2D eigenvalue weighted by Gasteiger charge is 2.20. The average Bonchev–Trinajstić information content (AvgIpc) is 3.42. The van der Waals surface area contributed by atoms with Gasteiger partial charge in [-0.1, -0.05) is 373 Å². The number of rotatable bonds is 67. The predicted octanol–water partition coefficient (Wildman–Crippen LogP) is 22.6. The van der Waals surface area contributed by atoms with E-state index in [-0.39, 0.29) is 18.5 Å². The smallest absolute Gasteiger partial charge is 0.305 e. The van der Waals surface area contributed by atoms with Gasteiger partial charge in [-0.2, -0.15) is 0 Å². The molecule has 0 aromatic rings. The van der Waals surface area contributed by atoms with E-state index in [2.05, 4.69) is 19.2 Å². The molecule has 0 aliphatic rings. The highest BCUT2D eigenvalue weighted by Crippen LogP contribution is 2.20. The molecule has 0 aliphatic carbocycles. The molecule has 6 nitrogen and oxygen atoms in total.